The van der Waals surface area contributed by atoms with Gasteiger partial charge in [-0.3, -0.25) is 9.59 Å². The van der Waals surface area contributed by atoms with Gasteiger partial charge in [-0.15, -0.1) is 0 Å². The Kier molecular flexibility index (Phi) is 5.57. The summed E-state index contributed by atoms with van der Waals surface area (Å²) in [6.45, 7) is 0.212. The fourth-order valence-electron chi connectivity index (χ4n) is 5.22. The van der Waals surface area contributed by atoms with Gasteiger partial charge in [-0.25, -0.2) is 8.42 Å². The number of benzene rings is 1. The van der Waals surface area contributed by atoms with E-state index in [-0.39, 0.29) is 33.3 Å². The van der Waals surface area contributed by atoms with Crippen LogP contribution in [0.5, 0.6) is 0 Å². The summed E-state index contributed by atoms with van der Waals surface area (Å²) in [6.07, 6.45) is 3.50. The van der Waals surface area contributed by atoms with Crippen LogP contribution >= 0.6 is 23.2 Å². The van der Waals surface area contributed by atoms with Crippen molar-refractivity contribution >= 4 is 45.1 Å². The van der Waals surface area contributed by atoms with Crippen molar-refractivity contribution in [3.05, 3.63) is 28.2 Å². The Morgan fingerprint density at radius 3 is 2.38 bits per heavy atom. The number of nitrogens with one attached hydrogen (secondary N) is 1. The van der Waals surface area contributed by atoms with Gasteiger partial charge in [-0.1, -0.05) is 23.2 Å². The van der Waals surface area contributed by atoms with Gasteiger partial charge in [0.1, 0.15) is 6.04 Å². The van der Waals surface area contributed by atoms with Crippen LogP contribution in [0.15, 0.2) is 23.1 Å². The van der Waals surface area contributed by atoms with Crippen LogP contribution in [0.3, 0.4) is 0 Å². The molecule has 5 atom stereocenters. The maximum absolute atomic E-state index is 13.1. The van der Waals surface area contributed by atoms with Crippen molar-refractivity contribution in [2.75, 3.05) is 6.54 Å². The molecule has 3 fully saturated rings. The number of carbonyl (C=O) groups excluding carboxylic acids is 1. The summed E-state index contributed by atoms with van der Waals surface area (Å²) in [4.78, 5) is 24.6. The predicted molar refractivity (Wildman–Crippen MR) is 107 cm³/mol. The minimum atomic E-state index is -3.96. The highest BCUT2D eigenvalue weighted by Gasteiger charge is 2.52. The molecule has 1 aliphatic heterocycles. The monoisotopic (exact) mass is 460 g/mol. The van der Waals surface area contributed by atoms with Gasteiger partial charge in [-0.05, 0) is 62.1 Å². The second kappa shape index (κ2) is 7.72. The van der Waals surface area contributed by atoms with Gasteiger partial charge in [0.15, 0.2) is 0 Å². The number of carbonyl (C=O) groups is 2. The second-order valence-electron chi connectivity index (χ2n) is 8.11. The van der Waals surface area contributed by atoms with Crippen LogP contribution in [0.1, 0.15) is 32.1 Å². The summed E-state index contributed by atoms with van der Waals surface area (Å²) in [5, 5.41) is 12.9. The molecule has 0 radical (unpaired) electrons. The van der Waals surface area contributed by atoms with E-state index in [0.29, 0.717) is 12.8 Å². The molecule has 1 amide bonds. The number of sulfonamides is 1. The van der Waals surface area contributed by atoms with Crippen LogP contribution in [0, 0.1) is 17.8 Å². The highest BCUT2D eigenvalue weighted by molar-refractivity contribution is 7.89. The molecular weight excluding hydrogens is 439 g/mol. The van der Waals surface area contributed by atoms with Crippen molar-refractivity contribution in [3.63, 3.8) is 0 Å². The number of fused-ring (bicyclic) bond motifs is 2. The highest BCUT2D eigenvalue weighted by atomic mass is 35.5. The van der Waals surface area contributed by atoms with Gasteiger partial charge < -0.3 is 10.4 Å². The number of nitrogens with zero attached hydrogens (tertiary/aromatic N) is 1. The Hall–Kier alpha value is -1.35. The normalized spacial score (nSPS) is 31.9. The smallest absolute Gasteiger partial charge is 0.308 e. The Morgan fingerprint density at radius 2 is 1.72 bits per heavy atom. The lowest BCUT2D eigenvalue weighted by Crippen LogP contribution is -2.53. The van der Waals surface area contributed by atoms with Gasteiger partial charge in [0.25, 0.3) is 0 Å². The Morgan fingerprint density at radius 1 is 1.07 bits per heavy atom. The lowest BCUT2D eigenvalue weighted by molar-refractivity contribution is -0.144. The molecule has 4 rings (SSSR count). The van der Waals surface area contributed by atoms with Gasteiger partial charge in [0, 0.05) is 22.6 Å². The first-order chi connectivity index (χ1) is 13.7. The fraction of sp³-hybridized carbons (Fsp3) is 0.579. The first-order valence-electron chi connectivity index (χ1n) is 9.69. The molecule has 158 valence electrons. The summed E-state index contributed by atoms with van der Waals surface area (Å²) < 4.78 is 27.4. The number of halogens is 2. The molecule has 7 nitrogen and oxygen atoms in total. The molecule has 1 aromatic rings. The number of hydrogen-bond donors (Lipinski definition) is 2. The van der Waals surface area contributed by atoms with Crippen LogP contribution in [0.25, 0.3) is 0 Å². The van der Waals surface area contributed by atoms with Crippen molar-refractivity contribution in [2.24, 2.45) is 17.8 Å². The summed E-state index contributed by atoms with van der Waals surface area (Å²) in [5.41, 5.74) is 0. The molecule has 2 aliphatic carbocycles. The third-order valence-corrected chi connectivity index (χ3v) is 8.78. The van der Waals surface area contributed by atoms with Gasteiger partial charge in [0.2, 0.25) is 15.9 Å². The molecule has 29 heavy (non-hydrogen) atoms. The van der Waals surface area contributed by atoms with E-state index >= 15 is 0 Å². The quantitative estimate of drug-likeness (QED) is 0.702. The molecule has 3 aliphatic rings. The summed E-state index contributed by atoms with van der Waals surface area (Å²) in [6, 6.07) is 2.76. The summed E-state index contributed by atoms with van der Waals surface area (Å²) >= 11 is 11.9. The van der Waals surface area contributed by atoms with Crippen molar-refractivity contribution in [3.8, 4) is 0 Å². The van der Waals surface area contributed by atoms with Crippen LogP contribution in [-0.2, 0) is 19.6 Å². The summed E-state index contributed by atoms with van der Waals surface area (Å²) in [5.74, 6) is -1.70. The van der Waals surface area contributed by atoms with Crippen molar-refractivity contribution in [1.82, 2.24) is 9.62 Å². The first-order valence-corrected chi connectivity index (χ1v) is 11.9. The van der Waals surface area contributed by atoms with Crippen LogP contribution in [0.4, 0.5) is 0 Å². The minimum absolute atomic E-state index is 0.0574. The fourth-order valence-corrected chi connectivity index (χ4v) is 7.60. The summed E-state index contributed by atoms with van der Waals surface area (Å²) in [7, 11) is -3.96. The van der Waals surface area contributed by atoms with Crippen LogP contribution in [-0.4, -0.2) is 48.3 Å². The third-order valence-electron chi connectivity index (χ3n) is 6.46. The molecule has 2 bridgehead atoms. The van der Waals surface area contributed by atoms with E-state index < -0.39 is 39.9 Å². The number of carboxylic acid groups (broad SMARTS) is 1. The highest BCUT2D eigenvalue weighted by Crippen LogP contribution is 2.48. The van der Waals surface area contributed by atoms with Crippen molar-refractivity contribution in [2.45, 2.75) is 49.1 Å². The second-order valence-corrected chi connectivity index (χ2v) is 10.9. The Bertz CT molecular complexity index is 934. The lowest BCUT2D eigenvalue weighted by atomic mass is 9.84. The van der Waals surface area contributed by atoms with E-state index in [9.17, 15) is 23.1 Å². The zero-order chi connectivity index (χ0) is 20.9. The third kappa shape index (κ3) is 3.76. The largest absolute Gasteiger partial charge is 0.481 e. The number of amides is 1. The zero-order valence-corrected chi connectivity index (χ0v) is 17.9. The minimum Gasteiger partial charge on any atom is -0.481 e. The van der Waals surface area contributed by atoms with Crippen molar-refractivity contribution in [1.29, 1.82) is 0 Å². The van der Waals surface area contributed by atoms with E-state index in [4.69, 9.17) is 23.2 Å². The van der Waals surface area contributed by atoms with E-state index in [1.807, 2.05) is 0 Å². The van der Waals surface area contributed by atoms with Gasteiger partial charge in [0.05, 0.1) is 10.8 Å². The molecule has 0 aromatic heterocycles. The van der Waals surface area contributed by atoms with E-state index in [1.165, 1.54) is 22.5 Å². The average molecular weight is 461 g/mol. The standard InChI is InChI=1S/C19H22Cl2N2O5S/c20-12-7-13(21)9-14(8-12)29(27,28)23-5-1-2-15(23)18(24)22-17-11-4-3-10(6-11)16(17)19(25)26/h7-11,15-17H,1-6H2,(H,22,24)(H,25,26)/t10?,11?,15-,16+,17-/m0/s1. The zero-order valence-electron chi connectivity index (χ0n) is 15.6. The van der Waals surface area contributed by atoms with E-state index in [2.05, 4.69) is 5.32 Å². The molecule has 10 heteroatoms. The van der Waals surface area contributed by atoms with E-state index in [0.717, 1.165) is 19.3 Å². The average Bonchev–Trinajstić information content (AvgIpc) is 3.36. The lowest BCUT2D eigenvalue weighted by Gasteiger charge is -2.31. The molecule has 1 heterocycles. The predicted octanol–water partition coefficient (Wildman–Crippen LogP) is 2.76. The van der Waals surface area contributed by atoms with Crippen LogP contribution in [0.2, 0.25) is 10.0 Å². The Balaban J connectivity index is 1.55. The number of hydrogen-bond acceptors (Lipinski definition) is 4. The number of rotatable bonds is 5. The maximum atomic E-state index is 13.1. The van der Waals surface area contributed by atoms with Crippen LogP contribution < -0.4 is 5.32 Å². The van der Waals surface area contributed by atoms with Gasteiger partial charge in [-0.2, -0.15) is 4.31 Å². The van der Waals surface area contributed by atoms with Crippen molar-refractivity contribution < 1.29 is 23.1 Å². The molecule has 1 saturated heterocycles. The number of aliphatic carboxylic acids is 1. The maximum Gasteiger partial charge on any atom is 0.308 e. The molecule has 1 aromatic carbocycles. The molecule has 2 N–H and O–H groups in total. The molecule has 2 unspecified atom stereocenters. The topological polar surface area (TPSA) is 104 Å². The Labute approximate surface area is 179 Å². The SMILES string of the molecule is O=C(O)[C@@H]1C2CCC(C2)[C@@H]1NC(=O)[C@@H]1CCCN1S(=O)(=O)c1cc(Cl)cc(Cl)c1. The van der Waals surface area contributed by atoms with E-state index in [1.54, 1.807) is 0 Å². The first kappa shape index (κ1) is 20.9. The molecular formula is C19H22Cl2N2O5S. The molecule has 2 saturated carbocycles. The number of carboxylic acids is 1. The van der Waals surface area contributed by atoms with Gasteiger partial charge >= 0.3 is 5.97 Å². The molecule has 0 spiro atoms.